The van der Waals surface area contributed by atoms with E-state index in [-0.39, 0.29) is 17.7 Å². The number of nitrogens with one attached hydrogen (secondary N) is 1. The standard InChI is InChI=1S/C24H24ClF2N5O2/c1-31(2)10-3-4-21(33)32-11-9-16(13-32)34-15-5-7-19-17(12-15)24(29-14-28-19)30-20-8-6-18(26)22(25)23(20)27/h3-8,12,14,16H,9-11,13H2,1-2H3,(H,28,29,30)/t16-/m0/s1. The third-order valence-corrected chi connectivity index (χ3v) is 5.73. The van der Waals surface area contributed by atoms with Gasteiger partial charge in [0.05, 0.1) is 17.7 Å². The van der Waals surface area contributed by atoms with Crippen LogP contribution in [0.5, 0.6) is 5.75 Å². The molecule has 0 aliphatic carbocycles. The van der Waals surface area contributed by atoms with E-state index in [1.165, 1.54) is 12.4 Å². The van der Waals surface area contributed by atoms with Crippen LogP contribution in [0.25, 0.3) is 10.9 Å². The van der Waals surface area contributed by atoms with Gasteiger partial charge in [-0.15, -0.1) is 0 Å². The highest BCUT2D eigenvalue weighted by Gasteiger charge is 2.26. The van der Waals surface area contributed by atoms with E-state index in [9.17, 15) is 13.6 Å². The Labute approximate surface area is 201 Å². The molecule has 10 heteroatoms. The highest BCUT2D eigenvalue weighted by atomic mass is 35.5. The number of rotatable bonds is 7. The Balaban J connectivity index is 1.48. The van der Waals surface area contributed by atoms with E-state index < -0.39 is 16.7 Å². The third kappa shape index (κ3) is 5.43. The first-order valence-corrected chi connectivity index (χ1v) is 11.1. The highest BCUT2D eigenvalue weighted by Crippen LogP contribution is 2.31. The van der Waals surface area contributed by atoms with Crippen molar-refractivity contribution in [3.8, 4) is 5.75 Å². The van der Waals surface area contributed by atoms with E-state index in [0.717, 1.165) is 6.07 Å². The smallest absolute Gasteiger partial charge is 0.246 e. The van der Waals surface area contributed by atoms with E-state index in [0.29, 0.717) is 48.5 Å². The molecule has 1 fully saturated rings. The highest BCUT2D eigenvalue weighted by molar-refractivity contribution is 6.31. The molecule has 7 nitrogen and oxygen atoms in total. The summed E-state index contributed by atoms with van der Waals surface area (Å²) in [5, 5.41) is 2.86. The van der Waals surface area contributed by atoms with Crippen LogP contribution in [0, 0.1) is 11.6 Å². The van der Waals surface area contributed by atoms with Gasteiger partial charge in [0.25, 0.3) is 0 Å². The van der Waals surface area contributed by atoms with Gasteiger partial charge in [0, 0.05) is 31.0 Å². The summed E-state index contributed by atoms with van der Waals surface area (Å²) in [6.07, 6.45) is 5.33. The van der Waals surface area contributed by atoms with Crippen LogP contribution in [0.4, 0.5) is 20.3 Å². The maximum atomic E-state index is 14.4. The molecule has 4 rings (SSSR count). The zero-order valence-electron chi connectivity index (χ0n) is 18.8. The molecule has 1 saturated heterocycles. The Morgan fingerprint density at radius 1 is 1.29 bits per heavy atom. The van der Waals surface area contributed by atoms with Gasteiger partial charge in [0.1, 0.15) is 34.8 Å². The first kappa shape index (κ1) is 23.8. The zero-order chi connectivity index (χ0) is 24.2. The van der Waals surface area contributed by atoms with Crippen LogP contribution >= 0.6 is 11.6 Å². The van der Waals surface area contributed by atoms with Crippen LogP contribution in [0.3, 0.4) is 0 Å². The SMILES string of the molecule is CN(C)CC=CC(=O)N1CC[C@H](Oc2ccc3ncnc(Nc4ccc(F)c(Cl)c4F)c3c2)C1. The van der Waals surface area contributed by atoms with Gasteiger partial charge >= 0.3 is 0 Å². The molecule has 1 atom stereocenters. The first-order valence-electron chi connectivity index (χ1n) is 10.7. The van der Waals surface area contributed by atoms with Gasteiger partial charge in [-0.3, -0.25) is 4.79 Å². The average molecular weight is 488 g/mol. The number of benzene rings is 2. The van der Waals surface area contributed by atoms with Gasteiger partial charge in [-0.1, -0.05) is 17.7 Å². The Kier molecular flexibility index (Phi) is 7.23. The maximum absolute atomic E-state index is 14.4. The summed E-state index contributed by atoms with van der Waals surface area (Å²) in [4.78, 5) is 24.5. The molecule has 0 unspecified atom stereocenters. The van der Waals surface area contributed by atoms with Crippen LogP contribution in [-0.4, -0.2) is 65.5 Å². The number of carbonyl (C=O) groups excluding carboxylic acids is 1. The number of hydrogen-bond donors (Lipinski definition) is 1. The summed E-state index contributed by atoms with van der Waals surface area (Å²) >= 11 is 5.69. The number of halogens is 3. The zero-order valence-corrected chi connectivity index (χ0v) is 19.5. The summed E-state index contributed by atoms with van der Waals surface area (Å²) in [6, 6.07) is 7.64. The summed E-state index contributed by atoms with van der Waals surface area (Å²) < 4.78 is 34.0. The van der Waals surface area contributed by atoms with Crippen molar-refractivity contribution in [2.24, 2.45) is 0 Å². The largest absolute Gasteiger partial charge is 0.488 e. The second-order valence-electron chi connectivity index (χ2n) is 8.23. The van der Waals surface area contributed by atoms with Crippen LogP contribution in [0.15, 0.2) is 48.8 Å². The molecule has 34 heavy (non-hydrogen) atoms. The van der Waals surface area contributed by atoms with E-state index in [2.05, 4.69) is 15.3 Å². The number of anilines is 2. The van der Waals surface area contributed by atoms with Crippen LogP contribution < -0.4 is 10.1 Å². The predicted octanol–water partition coefficient (Wildman–Crippen LogP) is 4.40. The Morgan fingerprint density at radius 3 is 2.91 bits per heavy atom. The molecule has 2 heterocycles. The number of hydrogen-bond acceptors (Lipinski definition) is 6. The molecule has 178 valence electrons. The summed E-state index contributed by atoms with van der Waals surface area (Å²) in [7, 11) is 3.88. The minimum Gasteiger partial charge on any atom is -0.488 e. The number of likely N-dealkylation sites (tertiary alicyclic amines) is 1. The minimum atomic E-state index is -0.906. The van der Waals surface area contributed by atoms with Crippen LogP contribution in [0.1, 0.15) is 6.42 Å². The lowest BCUT2D eigenvalue weighted by atomic mass is 10.2. The molecule has 0 bridgehead atoms. The topological polar surface area (TPSA) is 70.6 Å². The van der Waals surface area contributed by atoms with E-state index in [1.54, 1.807) is 29.2 Å². The molecular weight excluding hydrogens is 464 g/mol. The lowest BCUT2D eigenvalue weighted by Gasteiger charge is -2.17. The lowest BCUT2D eigenvalue weighted by molar-refractivity contribution is -0.125. The molecule has 1 aromatic heterocycles. The molecule has 2 aromatic carbocycles. The number of aromatic nitrogens is 2. The van der Waals surface area contributed by atoms with E-state index >= 15 is 0 Å². The molecule has 1 amide bonds. The minimum absolute atomic E-state index is 0.00927. The summed E-state index contributed by atoms with van der Waals surface area (Å²) in [6.45, 7) is 1.80. The van der Waals surface area contributed by atoms with Gasteiger partial charge in [-0.05, 0) is 44.4 Å². The van der Waals surface area contributed by atoms with Gasteiger partial charge in [-0.2, -0.15) is 0 Å². The Bertz CT molecular complexity index is 1240. The summed E-state index contributed by atoms with van der Waals surface area (Å²) in [5.74, 6) is -0.885. The fraction of sp³-hybridized carbons (Fsp3) is 0.292. The van der Waals surface area contributed by atoms with Crippen molar-refractivity contribution in [1.82, 2.24) is 19.8 Å². The predicted molar refractivity (Wildman–Crippen MR) is 127 cm³/mol. The van der Waals surface area contributed by atoms with E-state index in [4.69, 9.17) is 16.3 Å². The molecule has 1 aliphatic heterocycles. The second-order valence-corrected chi connectivity index (χ2v) is 8.60. The number of ether oxygens (including phenoxy) is 1. The maximum Gasteiger partial charge on any atom is 0.246 e. The normalized spacial score (nSPS) is 16.1. The first-order chi connectivity index (χ1) is 16.3. The van der Waals surface area contributed by atoms with Gasteiger partial charge in [0.2, 0.25) is 5.91 Å². The number of nitrogens with zero attached hydrogens (tertiary/aromatic N) is 4. The van der Waals surface area contributed by atoms with E-state index in [1.807, 2.05) is 25.1 Å². The van der Waals surface area contributed by atoms with Crippen molar-refractivity contribution in [1.29, 1.82) is 0 Å². The number of likely N-dealkylation sites (N-methyl/N-ethyl adjacent to an activating group) is 1. The fourth-order valence-corrected chi connectivity index (χ4v) is 3.81. The summed E-state index contributed by atoms with van der Waals surface area (Å²) in [5.41, 5.74) is 0.609. The molecular formula is C24H24ClF2N5O2. The monoisotopic (exact) mass is 487 g/mol. The Morgan fingerprint density at radius 2 is 2.12 bits per heavy atom. The van der Waals surface area contributed by atoms with Crippen LogP contribution in [0.2, 0.25) is 5.02 Å². The Hall–Kier alpha value is -3.30. The second kappa shape index (κ2) is 10.3. The lowest BCUT2D eigenvalue weighted by Crippen LogP contribution is -2.29. The van der Waals surface area contributed by atoms with Crippen molar-refractivity contribution in [3.63, 3.8) is 0 Å². The van der Waals surface area contributed by atoms with Crippen molar-refractivity contribution >= 4 is 39.9 Å². The van der Waals surface area contributed by atoms with Gasteiger partial charge < -0.3 is 19.9 Å². The van der Waals surface area contributed by atoms with Gasteiger partial charge in [0.15, 0.2) is 5.82 Å². The quantitative estimate of drug-likeness (QED) is 0.393. The molecule has 0 saturated carbocycles. The molecule has 3 aromatic rings. The van der Waals surface area contributed by atoms with Crippen molar-refractivity contribution in [3.05, 3.63) is 65.5 Å². The molecule has 0 radical (unpaired) electrons. The van der Waals surface area contributed by atoms with Crippen molar-refractivity contribution < 1.29 is 18.3 Å². The van der Waals surface area contributed by atoms with Crippen molar-refractivity contribution in [2.45, 2.75) is 12.5 Å². The number of amides is 1. The average Bonchev–Trinajstić information content (AvgIpc) is 3.28. The number of fused-ring (bicyclic) bond motifs is 1. The van der Waals surface area contributed by atoms with Gasteiger partial charge in [-0.25, -0.2) is 18.7 Å². The van der Waals surface area contributed by atoms with Crippen LogP contribution in [-0.2, 0) is 4.79 Å². The molecule has 1 aliphatic rings. The molecule has 1 N–H and O–H groups in total. The number of carbonyl (C=O) groups is 1. The fourth-order valence-electron chi connectivity index (χ4n) is 3.65. The third-order valence-electron chi connectivity index (χ3n) is 5.39. The van der Waals surface area contributed by atoms with Crippen molar-refractivity contribution in [2.75, 3.05) is 39.0 Å². The molecule has 0 spiro atoms.